The lowest BCUT2D eigenvalue weighted by molar-refractivity contribution is -0.240. The highest BCUT2D eigenvalue weighted by atomic mass is 16.3. The first-order chi connectivity index (χ1) is 19.5. The van der Waals surface area contributed by atoms with Gasteiger partial charge in [-0.3, -0.25) is 24.0 Å². The van der Waals surface area contributed by atoms with Crippen molar-refractivity contribution in [1.29, 1.82) is 0 Å². The van der Waals surface area contributed by atoms with Gasteiger partial charge < -0.3 is 15.3 Å². The second kappa shape index (κ2) is 9.64. The van der Waals surface area contributed by atoms with Crippen LogP contribution in [0.1, 0.15) is 88.7 Å². The summed E-state index contributed by atoms with van der Waals surface area (Å²) in [5, 5.41) is 35.9. The molecule has 0 radical (unpaired) electrons. The predicted octanol–water partition coefficient (Wildman–Crippen LogP) is 3.83. The Balaban J connectivity index is 1.70. The van der Waals surface area contributed by atoms with Gasteiger partial charge in [-0.05, 0) is 49.1 Å². The highest BCUT2D eigenvalue weighted by Crippen LogP contribution is 2.66. The summed E-state index contributed by atoms with van der Waals surface area (Å²) in [6.07, 6.45) is 4.54. The minimum atomic E-state index is -2.97. The maximum atomic E-state index is 14.5. The molecule has 2 fully saturated rings. The van der Waals surface area contributed by atoms with E-state index in [0.29, 0.717) is 17.5 Å². The maximum absolute atomic E-state index is 14.5. The average Bonchev–Trinajstić information content (AvgIpc) is 3.37. The molecular weight excluding hydrogens is 536 g/mol. The number of aromatic hydroxyl groups is 1. The number of ketones is 5. The van der Waals surface area contributed by atoms with E-state index in [1.54, 1.807) is 39.8 Å². The van der Waals surface area contributed by atoms with Crippen molar-refractivity contribution < 1.29 is 39.3 Å². The van der Waals surface area contributed by atoms with Gasteiger partial charge in [-0.15, -0.1) is 0 Å². The fraction of sp³-hybridized carbons (Fsp3) is 0.559. The smallest absolute Gasteiger partial charge is 0.191 e. The number of carbonyl (C=O) groups excluding carboxylic acids is 5. The van der Waals surface area contributed by atoms with Gasteiger partial charge in [0, 0.05) is 16.7 Å². The van der Waals surface area contributed by atoms with Crippen LogP contribution in [0, 0.1) is 34.5 Å². The molecule has 42 heavy (non-hydrogen) atoms. The molecule has 0 aromatic heterocycles. The van der Waals surface area contributed by atoms with Crippen LogP contribution < -0.4 is 0 Å². The van der Waals surface area contributed by atoms with Crippen LogP contribution in [0.15, 0.2) is 35.4 Å². The normalized spacial score (nSPS) is 37.7. The second-order valence-corrected chi connectivity index (χ2v) is 13.5. The molecule has 0 amide bonds. The molecule has 8 nitrogen and oxygen atoms in total. The largest absolute Gasteiger partial charge is 0.507 e. The van der Waals surface area contributed by atoms with Crippen LogP contribution >= 0.6 is 0 Å². The zero-order valence-electron chi connectivity index (χ0n) is 25.3. The Labute approximate surface area is 245 Å². The topological polar surface area (TPSA) is 146 Å². The first-order valence-electron chi connectivity index (χ1n) is 14.8. The summed E-state index contributed by atoms with van der Waals surface area (Å²) in [6, 6.07) is 3.49. The number of aliphatic hydroxyl groups excluding tert-OH is 1. The van der Waals surface area contributed by atoms with Crippen molar-refractivity contribution in [2.45, 2.75) is 85.4 Å². The number of hydrogen-bond acceptors (Lipinski definition) is 8. The molecule has 0 bridgehead atoms. The lowest BCUT2D eigenvalue weighted by atomic mass is 9.37. The van der Waals surface area contributed by atoms with Crippen LogP contribution in [0.5, 0.6) is 5.75 Å². The summed E-state index contributed by atoms with van der Waals surface area (Å²) < 4.78 is 0. The number of allylic oxidation sites excluding steroid dienone is 4. The third-order valence-corrected chi connectivity index (χ3v) is 11.2. The van der Waals surface area contributed by atoms with Crippen LogP contribution in [-0.4, -0.2) is 55.9 Å². The molecule has 8 atom stereocenters. The van der Waals surface area contributed by atoms with Crippen LogP contribution in [0.2, 0.25) is 0 Å². The number of fused-ring (bicyclic) bond motifs is 3. The molecule has 4 aliphatic carbocycles. The van der Waals surface area contributed by atoms with Gasteiger partial charge in [0.2, 0.25) is 0 Å². The second-order valence-electron chi connectivity index (χ2n) is 13.5. The summed E-state index contributed by atoms with van der Waals surface area (Å²) in [7, 11) is 0. The first kappa shape index (κ1) is 30.2. The zero-order chi connectivity index (χ0) is 31.3. The van der Waals surface area contributed by atoms with Gasteiger partial charge in [0.1, 0.15) is 17.5 Å². The molecular formula is C34H40O8. The molecule has 3 unspecified atom stereocenters. The van der Waals surface area contributed by atoms with Crippen LogP contribution in [-0.2, 0) is 25.6 Å². The van der Waals surface area contributed by atoms with E-state index in [-0.39, 0.29) is 11.3 Å². The average molecular weight is 577 g/mol. The lowest BCUT2D eigenvalue weighted by Crippen LogP contribution is -2.81. The van der Waals surface area contributed by atoms with E-state index in [2.05, 4.69) is 19.1 Å². The Morgan fingerprint density at radius 2 is 1.74 bits per heavy atom. The van der Waals surface area contributed by atoms with E-state index in [1.165, 1.54) is 12.5 Å². The van der Waals surface area contributed by atoms with E-state index in [9.17, 15) is 39.3 Å². The van der Waals surface area contributed by atoms with Gasteiger partial charge in [0.15, 0.2) is 28.7 Å². The third-order valence-electron chi connectivity index (χ3n) is 11.2. The van der Waals surface area contributed by atoms with Gasteiger partial charge in [-0.2, -0.15) is 0 Å². The van der Waals surface area contributed by atoms with Gasteiger partial charge >= 0.3 is 0 Å². The molecule has 0 saturated heterocycles. The Hall–Kier alpha value is -3.23. The molecule has 0 heterocycles. The Morgan fingerprint density at radius 3 is 2.29 bits per heavy atom. The van der Waals surface area contributed by atoms with Gasteiger partial charge in [0.25, 0.3) is 0 Å². The summed E-state index contributed by atoms with van der Waals surface area (Å²) in [6.45, 7) is 11.1. The van der Waals surface area contributed by atoms with Crippen molar-refractivity contribution in [2.24, 2.45) is 34.5 Å². The molecule has 3 N–H and O–H groups in total. The molecule has 2 saturated carbocycles. The number of rotatable bonds is 5. The lowest BCUT2D eigenvalue weighted by Gasteiger charge is -2.65. The zero-order valence-corrected chi connectivity index (χ0v) is 25.3. The molecule has 0 aliphatic heterocycles. The molecule has 8 heteroatoms. The standard InChI is InChI=1S/C34H40O8/c1-8-18-9-10-19(13-18)14-20-11-12-21-16(4)32(6)25(28(38)23(21)26(20)36)30(40)34(42)29(39)22(17(5)35)27(37)24(15(2)3)33(34,7)31(32)41/h9,11-13,15-16,22,24-25,31,36,41-42H,8,10,14H2,1-7H3/t16-,22?,24?,25?,31-,32+,33+,34+/m1/s1. The molecule has 224 valence electrons. The monoisotopic (exact) mass is 576 g/mol. The van der Waals surface area contributed by atoms with E-state index in [0.717, 1.165) is 25.3 Å². The highest BCUT2D eigenvalue weighted by Gasteiger charge is 2.80. The summed E-state index contributed by atoms with van der Waals surface area (Å²) >= 11 is 0. The van der Waals surface area contributed by atoms with Crippen molar-refractivity contribution in [3.8, 4) is 5.75 Å². The van der Waals surface area contributed by atoms with E-state index in [4.69, 9.17) is 0 Å². The minimum absolute atomic E-state index is 0.0552. The molecule has 5 rings (SSSR count). The third kappa shape index (κ3) is 3.51. The van der Waals surface area contributed by atoms with Crippen molar-refractivity contribution >= 4 is 28.9 Å². The number of benzene rings is 1. The van der Waals surface area contributed by atoms with Crippen LogP contribution in [0.25, 0.3) is 0 Å². The maximum Gasteiger partial charge on any atom is 0.191 e. The molecule has 1 aromatic rings. The van der Waals surface area contributed by atoms with Crippen molar-refractivity contribution in [1.82, 2.24) is 0 Å². The Morgan fingerprint density at radius 1 is 1.10 bits per heavy atom. The number of phenolic OH excluding ortho intramolecular Hbond substituents is 1. The number of phenols is 1. The summed E-state index contributed by atoms with van der Waals surface area (Å²) in [5.41, 5.74) is -3.32. The highest BCUT2D eigenvalue weighted by molar-refractivity contribution is 6.33. The van der Waals surface area contributed by atoms with Gasteiger partial charge in [0.05, 0.1) is 17.6 Å². The Kier molecular flexibility index (Phi) is 6.94. The molecule has 0 spiro atoms. The van der Waals surface area contributed by atoms with Crippen molar-refractivity contribution in [2.75, 3.05) is 0 Å². The number of carbonyl (C=O) groups is 5. The molecule has 1 aromatic carbocycles. The number of Topliss-reactive ketones (excluding diaryl/α,β-unsaturated/α-hetero) is 5. The number of hydrogen-bond donors (Lipinski definition) is 3. The van der Waals surface area contributed by atoms with Gasteiger partial charge in [-0.25, -0.2) is 0 Å². The SMILES string of the molecule is CCC1=CCC(Cc2ccc3c(c2O)C(=O)C2C(=O)[C@@]4(O)C(=O)C(C(C)=O)C(=O)C(C(C)C)[C@@]4(C)[C@H](O)[C@@]2(C)[C@@H]3C)=C1. The van der Waals surface area contributed by atoms with Crippen molar-refractivity contribution in [3.63, 3.8) is 0 Å². The Bertz CT molecular complexity index is 1510. The predicted molar refractivity (Wildman–Crippen MR) is 154 cm³/mol. The summed E-state index contributed by atoms with van der Waals surface area (Å²) in [4.78, 5) is 68.9. The van der Waals surface area contributed by atoms with Crippen LogP contribution in [0.3, 0.4) is 0 Å². The van der Waals surface area contributed by atoms with E-state index >= 15 is 0 Å². The minimum Gasteiger partial charge on any atom is -0.507 e. The summed E-state index contributed by atoms with van der Waals surface area (Å²) in [5.74, 6) is -11.0. The number of aliphatic hydroxyl groups is 2. The van der Waals surface area contributed by atoms with Crippen LogP contribution in [0.4, 0.5) is 0 Å². The fourth-order valence-electron chi connectivity index (χ4n) is 8.80. The van der Waals surface area contributed by atoms with Crippen molar-refractivity contribution in [3.05, 3.63) is 52.1 Å². The van der Waals surface area contributed by atoms with Gasteiger partial charge in [-0.1, -0.05) is 77.0 Å². The fourth-order valence-corrected chi connectivity index (χ4v) is 8.80. The quantitative estimate of drug-likeness (QED) is 0.449. The molecule has 4 aliphatic rings. The van der Waals surface area contributed by atoms with E-state index in [1.807, 2.05) is 0 Å². The van der Waals surface area contributed by atoms with E-state index < -0.39 is 81.0 Å². The first-order valence-corrected chi connectivity index (χ1v) is 14.8.